The zero-order valence-corrected chi connectivity index (χ0v) is 6.56. The third-order valence-corrected chi connectivity index (χ3v) is 1.36. The van der Waals surface area contributed by atoms with E-state index in [0.29, 0.717) is 5.69 Å². The minimum atomic E-state index is -1.10. The van der Waals surface area contributed by atoms with E-state index in [1.165, 1.54) is 12.4 Å². The molecule has 0 spiro atoms. The number of rotatable bonds is 2. The fraction of sp³-hybridized carbons (Fsp3) is 0.286. The number of aromatic nitrogens is 2. The molecule has 0 aliphatic rings. The highest BCUT2D eigenvalue weighted by molar-refractivity contribution is 5.74. The molecule has 1 rings (SSSR count). The van der Waals surface area contributed by atoms with E-state index in [0.717, 1.165) is 0 Å². The van der Waals surface area contributed by atoms with E-state index < -0.39 is 12.0 Å². The van der Waals surface area contributed by atoms with Crippen LogP contribution in [0.15, 0.2) is 12.4 Å². The van der Waals surface area contributed by atoms with Gasteiger partial charge in [0.15, 0.2) is 0 Å². The molecule has 0 saturated heterocycles. The second-order valence-electron chi connectivity index (χ2n) is 2.40. The topological polar surface area (TPSA) is 89.1 Å². The summed E-state index contributed by atoms with van der Waals surface area (Å²) >= 11 is 0. The Kier molecular flexibility index (Phi) is 2.35. The molecule has 0 saturated carbocycles. The van der Waals surface area contributed by atoms with Crippen LogP contribution in [-0.2, 0) is 4.79 Å². The fourth-order valence-corrected chi connectivity index (χ4v) is 0.759. The molecule has 0 aromatic carbocycles. The summed E-state index contributed by atoms with van der Waals surface area (Å²) in [5.41, 5.74) is 6.24. The van der Waals surface area contributed by atoms with Crippen molar-refractivity contribution < 1.29 is 9.90 Å². The van der Waals surface area contributed by atoms with Crippen LogP contribution in [0.5, 0.6) is 0 Å². The highest BCUT2D eigenvalue weighted by atomic mass is 16.4. The third kappa shape index (κ3) is 1.76. The van der Waals surface area contributed by atoms with E-state index in [1.807, 2.05) is 0 Å². The first kappa shape index (κ1) is 8.61. The quantitative estimate of drug-likeness (QED) is 0.640. The Morgan fingerprint density at radius 2 is 2.33 bits per heavy atom. The molecule has 5 heteroatoms. The summed E-state index contributed by atoms with van der Waals surface area (Å²) in [5, 5.41) is 8.53. The summed E-state index contributed by atoms with van der Waals surface area (Å²) in [6.07, 6.45) is 2.89. The molecular formula is C7H9N3O2. The molecule has 0 bridgehead atoms. The molecule has 3 N–H and O–H groups in total. The van der Waals surface area contributed by atoms with Crippen molar-refractivity contribution in [3.63, 3.8) is 0 Å². The molecule has 0 radical (unpaired) electrons. The van der Waals surface area contributed by atoms with Gasteiger partial charge < -0.3 is 10.8 Å². The summed E-state index contributed by atoms with van der Waals surface area (Å²) in [6, 6.07) is -1.09. The van der Waals surface area contributed by atoms with Crippen LogP contribution in [0.4, 0.5) is 0 Å². The second-order valence-corrected chi connectivity index (χ2v) is 2.40. The minimum absolute atomic E-state index is 0.280. The molecule has 12 heavy (non-hydrogen) atoms. The van der Waals surface area contributed by atoms with E-state index >= 15 is 0 Å². The summed E-state index contributed by atoms with van der Waals surface area (Å²) in [6.45, 7) is 1.73. The van der Waals surface area contributed by atoms with Crippen molar-refractivity contribution >= 4 is 5.97 Å². The van der Waals surface area contributed by atoms with Crippen molar-refractivity contribution in [1.29, 1.82) is 0 Å². The summed E-state index contributed by atoms with van der Waals surface area (Å²) in [7, 11) is 0. The van der Waals surface area contributed by atoms with Crippen LogP contribution in [0.2, 0.25) is 0 Å². The first-order valence-electron chi connectivity index (χ1n) is 3.38. The predicted octanol–water partition coefficient (Wildman–Crippen LogP) is -0.131. The van der Waals surface area contributed by atoms with Crippen LogP contribution in [0, 0.1) is 6.92 Å². The van der Waals surface area contributed by atoms with Gasteiger partial charge in [-0.15, -0.1) is 0 Å². The van der Waals surface area contributed by atoms with Crippen LogP contribution in [0.3, 0.4) is 0 Å². The maximum absolute atomic E-state index is 10.4. The number of aryl methyl sites for hydroxylation is 1. The SMILES string of the molecule is Cc1cncc(C(N)C(=O)O)n1. The Labute approximate surface area is 69.3 Å². The third-order valence-electron chi connectivity index (χ3n) is 1.36. The Morgan fingerprint density at radius 1 is 1.67 bits per heavy atom. The number of carbonyl (C=O) groups is 1. The van der Waals surface area contributed by atoms with Crippen molar-refractivity contribution in [3.05, 3.63) is 23.8 Å². The van der Waals surface area contributed by atoms with Crippen molar-refractivity contribution in [1.82, 2.24) is 9.97 Å². The molecule has 64 valence electrons. The van der Waals surface area contributed by atoms with E-state index in [4.69, 9.17) is 10.8 Å². The fourth-order valence-electron chi connectivity index (χ4n) is 0.759. The normalized spacial score (nSPS) is 12.5. The summed E-state index contributed by atoms with van der Waals surface area (Å²) in [4.78, 5) is 18.1. The van der Waals surface area contributed by atoms with Gasteiger partial charge in [-0.2, -0.15) is 0 Å². The van der Waals surface area contributed by atoms with E-state index in [9.17, 15) is 4.79 Å². The van der Waals surface area contributed by atoms with Gasteiger partial charge in [0.05, 0.1) is 17.6 Å². The van der Waals surface area contributed by atoms with Crippen molar-refractivity contribution in [2.45, 2.75) is 13.0 Å². The van der Waals surface area contributed by atoms with Crippen LogP contribution in [0.1, 0.15) is 17.4 Å². The molecule has 0 aliphatic heterocycles. The largest absolute Gasteiger partial charge is 0.480 e. The molecule has 5 nitrogen and oxygen atoms in total. The van der Waals surface area contributed by atoms with Gasteiger partial charge in [0.1, 0.15) is 6.04 Å². The van der Waals surface area contributed by atoms with Crippen molar-refractivity contribution in [2.24, 2.45) is 5.73 Å². The molecule has 1 unspecified atom stereocenters. The lowest BCUT2D eigenvalue weighted by atomic mass is 10.2. The Morgan fingerprint density at radius 3 is 2.83 bits per heavy atom. The Balaban J connectivity index is 2.95. The first-order chi connectivity index (χ1) is 5.61. The molecule has 1 aromatic heterocycles. The van der Waals surface area contributed by atoms with Gasteiger partial charge in [-0.05, 0) is 6.92 Å². The predicted molar refractivity (Wildman–Crippen MR) is 41.3 cm³/mol. The molecule has 1 aromatic rings. The van der Waals surface area contributed by atoms with Gasteiger partial charge in [0.2, 0.25) is 0 Å². The number of hydrogen-bond donors (Lipinski definition) is 2. The highest BCUT2D eigenvalue weighted by Gasteiger charge is 2.15. The average molecular weight is 167 g/mol. The zero-order chi connectivity index (χ0) is 9.14. The number of nitrogens with two attached hydrogens (primary N) is 1. The van der Waals surface area contributed by atoms with E-state index in [2.05, 4.69) is 9.97 Å². The maximum atomic E-state index is 10.4. The number of hydrogen-bond acceptors (Lipinski definition) is 4. The Hall–Kier alpha value is -1.49. The summed E-state index contributed by atoms with van der Waals surface area (Å²) in [5.74, 6) is -1.10. The van der Waals surface area contributed by atoms with Gasteiger partial charge in [-0.1, -0.05) is 0 Å². The van der Waals surface area contributed by atoms with Crippen LogP contribution in [-0.4, -0.2) is 21.0 Å². The lowest BCUT2D eigenvalue weighted by Gasteiger charge is -2.04. The lowest BCUT2D eigenvalue weighted by Crippen LogP contribution is -2.22. The van der Waals surface area contributed by atoms with Gasteiger partial charge in [-0.25, -0.2) is 0 Å². The number of carboxylic acids is 1. The van der Waals surface area contributed by atoms with Crippen LogP contribution >= 0.6 is 0 Å². The average Bonchev–Trinajstić information content (AvgIpc) is 2.03. The monoisotopic (exact) mass is 167 g/mol. The number of nitrogens with zero attached hydrogens (tertiary/aromatic N) is 2. The molecule has 1 atom stereocenters. The molecular weight excluding hydrogens is 158 g/mol. The molecule has 0 aliphatic carbocycles. The van der Waals surface area contributed by atoms with Gasteiger partial charge in [0, 0.05) is 6.20 Å². The summed E-state index contributed by atoms with van der Waals surface area (Å²) < 4.78 is 0. The van der Waals surface area contributed by atoms with Crippen molar-refractivity contribution in [2.75, 3.05) is 0 Å². The number of carboxylic acid groups (broad SMARTS) is 1. The second kappa shape index (κ2) is 3.27. The lowest BCUT2D eigenvalue weighted by molar-refractivity contribution is -0.138. The Bertz CT molecular complexity index is 300. The van der Waals surface area contributed by atoms with Crippen LogP contribution in [0.25, 0.3) is 0 Å². The molecule has 1 heterocycles. The first-order valence-corrected chi connectivity index (χ1v) is 3.38. The molecule has 0 amide bonds. The highest BCUT2D eigenvalue weighted by Crippen LogP contribution is 2.05. The van der Waals surface area contributed by atoms with E-state index in [-0.39, 0.29) is 5.69 Å². The van der Waals surface area contributed by atoms with Crippen LogP contribution < -0.4 is 5.73 Å². The molecule has 0 fully saturated rings. The standard InChI is InChI=1S/C7H9N3O2/c1-4-2-9-3-5(10-4)6(8)7(11)12/h2-3,6H,8H2,1H3,(H,11,12). The van der Waals surface area contributed by atoms with Crippen molar-refractivity contribution in [3.8, 4) is 0 Å². The smallest absolute Gasteiger partial charge is 0.326 e. The van der Waals surface area contributed by atoms with Gasteiger partial charge >= 0.3 is 5.97 Å². The minimum Gasteiger partial charge on any atom is -0.480 e. The van der Waals surface area contributed by atoms with Gasteiger partial charge in [0.25, 0.3) is 0 Å². The number of aliphatic carboxylic acids is 1. The zero-order valence-electron chi connectivity index (χ0n) is 6.56. The van der Waals surface area contributed by atoms with Gasteiger partial charge in [-0.3, -0.25) is 14.8 Å². The van der Waals surface area contributed by atoms with E-state index in [1.54, 1.807) is 6.92 Å². The maximum Gasteiger partial charge on any atom is 0.326 e.